The minimum absolute atomic E-state index is 0.345. The fraction of sp³-hybridized carbons (Fsp3) is 0.800. The van der Waals surface area contributed by atoms with E-state index >= 15 is 0 Å². The van der Waals surface area contributed by atoms with Crippen molar-refractivity contribution in [3.8, 4) is 0 Å². The molecule has 1 heterocycles. The predicted octanol–water partition coefficient (Wildman–Crippen LogP) is 0.417. The highest BCUT2D eigenvalue weighted by Crippen LogP contribution is 2.14. The first-order valence-corrected chi connectivity index (χ1v) is 5.37. The van der Waals surface area contributed by atoms with Crippen LogP contribution in [0.5, 0.6) is 0 Å². The summed E-state index contributed by atoms with van der Waals surface area (Å²) < 4.78 is 1.84. The van der Waals surface area contributed by atoms with Gasteiger partial charge in [0.05, 0.1) is 17.9 Å². The average Bonchev–Trinajstić information content (AvgIpc) is 2.59. The maximum Gasteiger partial charge on any atom is 0.0753 e. The van der Waals surface area contributed by atoms with E-state index in [1.807, 2.05) is 17.9 Å². The Morgan fingerprint density at radius 2 is 2.27 bits per heavy atom. The molecule has 1 aromatic heterocycles. The summed E-state index contributed by atoms with van der Waals surface area (Å²) in [6, 6.07) is 0.345. The topological polar surface area (TPSA) is 46.0 Å². The molecule has 1 atom stereocenters. The quantitative estimate of drug-likeness (QED) is 0.740. The maximum absolute atomic E-state index is 3.96. The van der Waals surface area contributed by atoms with Gasteiger partial charge in [0.2, 0.25) is 0 Å². The molecule has 1 N–H and O–H groups in total. The number of nitrogens with zero attached hydrogens (tertiary/aromatic N) is 4. The van der Waals surface area contributed by atoms with E-state index in [2.05, 4.69) is 41.5 Å². The number of rotatable bonds is 6. The van der Waals surface area contributed by atoms with E-state index in [1.165, 1.54) is 0 Å². The summed E-state index contributed by atoms with van der Waals surface area (Å²) in [5, 5.41) is 11.3. The second-order valence-corrected chi connectivity index (χ2v) is 3.98. The lowest BCUT2D eigenvalue weighted by atomic mass is 10.1. The molecule has 86 valence electrons. The molecule has 0 radical (unpaired) electrons. The lowest BCUT2D eigenvalue weighted by Gasteiger charge is -2.19. The fourth-order valence-electron chi connectivity index (χ4n) is 1.60. The van der Waals surface area contributed by atoms with Crippen LogP contribution in [0.25, 0.3) is 0 Å². The van der Waals surface area contributed by atoms with Gasteiger partial charge in [-0.05, 0) is 33.6 Å². The summed E-state index contributed by atoms with van der Waals surface area (Å²) in [6.45, 7) is 4.14. The van der Waals surface area contributed by atoms with Gasteiger partial charge < -0.3 is 10.2 Å². The summed E-state index contributed by atoms with van der Waals surface area (Å²) in [6.07, 6.45) is 2.91. The Balaban J connectivity index is 2.61. The van der Waals surface area contributed by atoms with Crippen molar-refractivity contribution in [1.82, 2.24) is 25.2 Å². The average molecular weight is 211 g/mol. The number of aromatic nitrogens is 3. The minimum atomic E-state index is 0.345. The smallest absolute Gasteiger partial charge is 0.0753 e. The van der Waals surface area contributed by atoms with Crippen LogP contribution in [0.1, 0.15) is 25.1 Å². The molecule has 0 saturated carbocycles. The summed E-state index contributed by atoms with van der Waals surface area (Å²) in [5.74, 6) is 0. The number of hydrogen-bond donors (Lipinski definition) is 1. The van der Waals surface area contributed by atoms with Crippen LogP contribution < -0.4 is 5.32 Å². The molecule has 1 rings (SSSR count). The van der Waals surface area contributed by atoms with Crippen molar-refractivity contribution in [3.63, 3.8) is 0 Å². The first kappa shape index (κ1) is 12.1. The maximum atomic E-state index is 3.96. The van der Waals surface area contributed by atoms with E-state index in [-0.39, 0.29) is 0 Å². The second-order valence-electron chi connectivity index (χ2n) is 3.98. The van der Waals surface area contributed by atoms with Crippen molar-refractivity contribution in [2.75, 3.05) is 27.2 Å². The third kappa shape index (κ3) is 3.60. The van der Waals surface area contributed by atoms with Gasteiger partial charge in [-0.25, -0.2) is 0 Å². The van der Waals surface area contributed by atoms with Crippen LogP contribution in [-0.2, 0) is 7.05 Å². The Hall–Kier alpha value is -0.940. The van der Waals surface area contributed by atoms with E-state index in [1.54, 1.807) is 0 Å². The van der Waals surface area contributed by atoms with Gasteiger partial charge in [0.25, 0.3) is 0 Å². The first-order chi connectivity index (χ1) is 7.15. The normalized spacial score (nSPS) is 13.4. The Morgan fingerprint density at radius 3 is 2.73 bits per heavy atom. The summed E-state index contributed by atoms with van der Waals surface area (Å²) in [5.41, 5.74) is 1.15. The molecule has 0 aliphatic carbocycles. The summed E-state index contributed by atoms with van der Waals surface area (Å²) in [7, 11) is 6.11. The summed E-state index contributed by atoms with van der Waals surface area (Å²) in [4.78, 5) is 2.19. The van der Waals surface area contributed by atoms with Crippen LogP contribution in [0.15, 0.2) is 6.20 Å². The highest BCUT2D eigenvalue weighted by Gasteiger charge is 2.14. The zero-order valence-corrected chi connectivity index (χ0v) is 10.1. The van der Waals surface area contributed by atoms with Gasteiger partial charge in [0, 0.05) is 7.05 Å². The molecule has 0 bridgehead atoms. The Morgan fingerprint density at radius 1 is 1.53 bits per heavy atom. The van der Waals surface area contributed by atoms with Crippen molar-refractivity contribution in [2.45, 2.75) is 19.4 Å². The zero-order chi connectivity index (χ0) is 11.3. The molecule has 15 heavy (non-hydrogen) atoms. The second kappa shape index (κ2) is 5.82. The molecule has 0 aliphatic heterocycles. The Kier molecular flexibility index (Phi) is 4.71. The van der Waals surface area contributed by atoms with E-state index in [9.17, 15) is 0 Å². The predicted molar refractivity (Wildman–Crippen MR) is 60.6 cm³/mol. The monoisotopic (exact) mass is 211 g/mol. The van der Waals surface area contributed by atoms with Crippen molar-refractivity contribution >= 4 is 0 Å². The first-order valence-electron chi connectivity index (χ1n) is 5.37. The van der Waals surface area contributed by atoms with E-state index in [4.69, 9.17) is 0 Å². The van der Waals surface area contributed by atoms with Crippen LogP contribution in [0.4, 0.5) is 0 Å². The Labute approximate surface area is 91.5 Å². The highest BCUT2D eigenvalue weighted by atomic mass is 15.4. The van der Waals surface area contributed by atoms with E-state index in [0.717, 1.165) is 25.2 Å². The van der Waals surface area contributed by atoms with Gasteiger partial charge in [0.1, 0.15) is 0 Å². The number of nitrogens with one attached hydrogen (secondary N) is 1. The molecule has 0 fully saturated rings. The van der Waals surface area contributed by atoms with Gasteiger partial charge in [-0.15, -0.1) is 5.10 Å². The van der Waals surface area contributed by atoms with Crippen LogP contribution in [-0.4, -0.2) is 47.1 Å². The molecule has 1 unspecified atom stereocenters. The lowest BCUT2D eigenvalue weighted by molar-refractivity contribution is 0.356. The molecule has 0 saturated heterocycles. The minimum Gasteiger partial charge on any atom is -0.309 e. The van der Waals surface area contributed by atoms with Crippen molar-refractivity contribution in [2.24, 2.45) is 7.05 Å². The van der Waals surface area contributed by atoms with Gasteiger partial charge >= 0.3 is 0 Å². The number of aryl methyl sites for hydroxylation is 1. The molecular weight excluding hydrogens is 190 g/mol. The largest absolute Gasteiger partial charge is 0.309 e. The van der Waals surface area contributed by atoms with Crippen LogP contribution in [0.2, 0.25) is 0 Å². The fourth-order valence-corrected chi connectivity index (χ4v) is 1.60. The molecule has 5 nitrogen and oxygen atoms in total. The highest BCUT2D eigenvalue weighted by molar-refractivity contribution is 5.01. The molecule has 0 aliphatic rings. The van der Waals surface area contributed by atoms with Gasteiger partial charge in [-0.2, -0.15) is 0 Å². The van der Waals surface area contributed by atoms with E-state index in [0.29, 0.717) is 6.04 Å². The standard InChI is InChI=1S/C10H21N5/c1-5-11-9(6-7-14(2)3)10-8-12-13-15(10)4/h8-9,11H,5-7H2,1-4H3. The SMILES string of the molecule is CCNC(CCN(C)C)c1cnnn1C. The van der Waals surface area contributed by atoms with Gasteiger partial charge in [-0.3, -0.25) is 4.68 Å². The van der Waals surface area contributed by atoms with E-state index < -0.39 is 0 Å². The third-order valence-corrected chi connectivity index (χ3v) is 2.42. The molecule has 1 aromatic rings. The van der Waals surface area contributed by atoms with Gasteiger partial charge in [0.15, 0.2) is 0 Å². The van der Waals surface area contributed by atoms with Crippen LogP contribution >= 0.6 is 0 Å². The molecule has 5 heteroatoms. The number of hydrogen-bond acceptors (Lipinski definition) is 4. The lowest BCUT2D eigenvalue weighted by Crippen LogP contribution is -2.27. The molecule has 0 amide bonds. The molecular formula is C10H21N5. The van der Waals surface area contributed by atoms with Crippen molar-refractivity contribution in [3.05, 3.63) is 11.9 Å². The third-order valence-electron chi connectivity index (χ3n) is 2.42. The van der Waals surface area contributed by atoms with Crippen molar-refractivity contribution in [1.29, 1.82) is 0 Å². The Bertz CT molecular complexity index is 281. The molecule has 0 aromatic carbocycles. The van der Waals surface area contributed by atoms with Crippen molar-refractivity contribution < 1.29 is 0 Å². The van der Waals surface area contributed by atoms with Crippen LogP contribution in [0.3, 0.4) is 0 Å². The molecule has 0 spiro atoms. The van der Waals surface area contributed by atoms with Crippen LogP contribution in [0, 0.1) is 0 Å². The summed E-state index contributed by atoms with van der Waals surface area (Å²) >= 11 is 0. The zero-order valence-electron chi connectivity index (χ0n) is 10.1. The van der Waals surface area contributed by atoms with Gasteiger partial charge in [-0.1, -0.05) is 12.1 Å².